The molecule has 0 saturated carbocycles. The van der Waals surface area contributed by atoms with Crippen molar-refractivity contribution in [3.8, 4) is 17.6 Å². The first-order valence-electron chi connectivity index (χ1n) is 9.97. The van der Waals surface area contributed by atoms with Gasteiger partial charge >= 0.3 is 0 Å². The Labute approximate surface area is 177 Å². The van der Waals surface area contributed by atoms with Crippen molar-refractivity contribution in [2.45, 2.75) is 32.5 Å². The van der Waals surface area contributed by atoms with Crippen molar-refractivity contribution in [3.63, 3.8) is 0 Å². The van der Waals surface area contributed by atoms with E-state index in [1.54, 1.807) is 25.3 Å². The summed E-state index contributed by atoms with van der Waals surface area (Å²) in [4.78, 5) is 12.3. The summed E-state index contributed by atoms with van der Waals surface area (Å²) in [6, 6.07) is 15.4. The van der Waals surface area contributed by atoms with Gasteiger partial charge in [-0.25, -0.2) is 0 Å². The number of ether oxygens (including phenoxy) is 3. The predicted molar refractivity (Wildman–Crippen MR) is 114 cm³/mol. The Bertz CT molecular complexity index is 956. The molecular weight excluding hydrogens is 380 g/mol. The van der Waals surface area contributed by atoms with Crippen LogP contribution >= 0.6 is 0 Å². The molecule has 1 aliphatic heterocycles. The first-order chi connectivity index (χ1) is 14.6. The number of methoxy groups -OCH3 is 1. The van der Waals surface area contributed by atoms with Crippen molar-refractivity contribution in [1.29, 1.82) is 5.26 Å². The molecule has 1 amide bonds. The summed E-state index contributed by atoms with van der Waals surface area (Å²) in [6.45, 7) is 3.59. The van der Waals surface area contributed by atoms with E-state index in [4.69, 9.17) is 14.2 Å². The molecule has 6 heteroatoms. The number of nitriles is 1. The van der Waals surface area contributed by atoms with E-state index in [-0.39, 0.29) is 11.7 Å². The summed E-state index contributed by atoms with van der Waals surface area (Å²) < 4.78 is 16.8. The smallest absolute Gasteiger partial charge is 0.262 e. The van der Waals surface area contributed by atoms with E-state index in [1.165, 1.54) is 11.6 Å². The maximum Gasteiger partial charge on any atom is 0.262 e. The van der Waals surface area contributed by atoms with Gasteiger partial charge in [0, 0.05) is 13.2 Å². The molecule has 0 aliphatic carbocycles. The minimum atomic E-state index is -0.410. The Balaban J connectivity index is 1.67. The predicted octanol–water partition coefficient (Wildman–Crippen LogP) is 3.78. The van der Waals surface area contributed by atoms with E-state index in [0.717, 1.165) is 25.0 Å². The molecule has 0 bridgehead atoms. The summed E-state index contributed by atoms with van der Waals surface area (Å²) in [6.07, 6.45) is 3.49. The fourth-order valence-corrected chi connectivity index (χ4v) is 3.28. The van der Waals surface area contributed by atoms with Crippen molar-refractivity contribution >= 4 is 12.0 Å². The summed E-state index contributed by atoms with van der Waals surface area (Å²) in [5.41, 5.74) is 2.95. The number of carbonyl (C=O) groups excluding carboxylic acids is 1. The quantitative estimate of drug-likeness (QED) is 0.533. The second-order valence-corrected chi connectivity index (χ2v) is 7.20. The fraction of sp³-hybridized carbons (Fsp3) is 0.333. The Kier molecular flexibility index (Phi) is 7.47. The number of carbonyl (C=O) groups is 1. The molecule has 1 atom stereocenters. The van der Waals surface area contributed by atoms with Crippen molar-refractivity contribution < 1.29 is 19.0 Å². The molecule has 1 aliphatic rings. The van der Waals surface area contributed by atoms with Crippen LogP contribution in [-0.4, -0.2) is 32.3 Å². The van der Waals surface area contributed by atoms with E-state index in [9.17, 15) is 10.1 Å². The lowest BCUT2D eigenvalue weighted by Gasteiger charge is -2.12. The van der Waals surface area contributed by atoms with Gasteiger partial charge in [0.2, 0.25) is 0 Å². The van der Waals surface area contributed by atoms with Crippen LogP contribution in [0.4, 0.5) is 0 Å². The zero-order valence-electron chi connectivity index (χ0n) is 17.3. The van der Waals surface area contributed by atoms with Crippen molar-refractivity contribution in [1.82, 2.24) is 5.32 Å². The third kappa shape index (κ3) is 5.85. The minimum Gasteiger partial charge on any atom is -0.493 e. The average Bonchev–Trinajstić information content (AvgIpc) is 3.28. The third-order valence-electron chi connectivity index (χ3n) is 4.85. The summed E-state index contributed by atoms with van der Waals surface area (Å²) in [5, 5.41) is 12.2. The molecule has 0 unspecified atom stereocenters. The number of hydrogen-bond donors (Lipinski definition) is 1. The molecule has 2 aromatic carbocycles. The van der Waals surface area contributed by atoms with Crippen molar-refractivity contribution in [3.05, 3.63) is 64.7 Å². The Hall–Kier alpha value is -3.30. The number of benzene rings is 2. The van der Waals surface area contributed by atoms with Crippen LogP contribution in [0.5, 0.6) is 11.5 Å². The zero-order valence-corrected chi connectivity index (χ0v) is 17.3. The van der Waals surface area contributed by atoms with E-state index in [2.05, 4.69) is 11.4 Å². The van der Waals surface area contributed by atoms with E-state index >= 15 is 0 Å². The topological polar surface area (TPSA) is 80.6 Å². The molecule has 3 rings (SSSR count). The minimum absolute atomic E-state index is 0.0267. The molecular formula is C24H26N2O4. The highest BCUT2D eigenvalue weighted by Gasteiger charge is 2.17. The Morgan fingerprint density at radius 1 is 1.30 bits per heavy atom. The highest BCUT2D eigenvalue weighted by Crippen LogP contribution is 2.29. The van der Waals surface area contributed by atoms with Gasteiger partial charge in [0.15, 0.2) is 11.5 Å². The molecule has 1 N–H and O–H groups in total. The van der Waals surface area contributed by atoms with Crippen LogP contribution in [0.15, 0.2) is 48.0 Å². The van der Waals surface area contributed by atoms with Crippen LogP contribution in [0.3, 0.4) is 0 Å². The standard InChI is InChI=1S/C24H26N2O4/c1-17-5-3-6-19(11-17)16-30-22-9-8-18(13-23(22)28-2)12-20(14-25)24(27)26-15-21-7-4-10-29-21/h3,5-6,8-9,11-13,21H,4,7,10,15-16H2,1-2H3,(H,26,27)/b20-12+/t21-/m0/s1. The van der Waals surface area contributed by atoms with E-state index in [0.29, 0.717) is 30.2 Å². The van der Waals surface area contributed by atoms with Crippen LogP contribution in [-0.2, 0) is 16.1 Å². The van der Waals surface area contributed by atoms with Gasteiger partial charge in [-0.05, 0) is 49.1 Å². The number of nitrogens with one attached hydrogen (secondary N) is 1. The van der Waals surface area contributed by atoms with Gasteiger partial charge in [0.25, 0.3) is 5.91 Å². The van der Waals surface area contributed by atoms with Gasteiger partial charge in [0.05, 0.1) is 13.2 Å². The first-order valence-corrected chi connectivity index (χ1v) is 9.97. The molecule has 6 nitrogen and oxygen atoms in total. The van der Waals surface area contributed by atoms with Crippen molar-refractivity contribution in [2.24, 2.45) is 0 Å². The molecule has 156 valence electrons. The van der Waals surface area contributed by atoms with Gasteiger partial charge in [-0.15, -0.1) is 0 Å². The molecule has 30 heavy (non-hydrogen) atoms. The van der Waals surface area contributed by atoms with Gasteiger partial charge in [0.1, 0.15) is 18.2 Å². The number of amides is 1. The fourth-order valence-electron chi connectivity index (χ4n) is 3.28. The normalized spacial score (nSPS) is 16.0. The number of hydrogen-bond acceptors (Lipinski definition) is 5. The van der Waals surface area contributed by atoms with Crippen LogP contribution in [0.1, 0.15) is 29.5 Å². The van der Waals surface area contributed by atoms with Gasteiger partial charge < -0.3 is 19.5 Å². The van der Waals surface area contributed by atoms with Gasteiger partial charge in [-0.1, -0.05) is 35.9 Å². The number of rotatable bonds is 8. The molecule has 2 aromatic rings. The Morgan fingerprint density at radius 3 is 2.87 bits per heavy atom. The third-order valence-corrected chi connectivity index (χ3v) is 4.85. The highest BCUT2D eigenvalue weighted by molar-refractivity contribution is 6.01. The zero-order chi connectivity index (χ0) is 21.3. The number of nitrogens with zero attached hydrogens (tertiary/aromatic N) is 1. The van der Waals surface area contributed by atoms with Gasteiger partial charge in [-0.3, -0.25) is 4.79 Å². The second-order valence-electron chi connectivity index (χ2n) is 7.20. The van der Waals surface area contributed by atoms with E-state index in [1.807, 2.05) is 31.2 Å². The maximum atomic E-state index is 12.3. The lowest BCUT2D eigenvalue weighted by atomic mass is 10.1. The van der Waals surface area contributed by atoms with Crippen LogP contribution < -0.4 is 14.8 Å². The average molecular weight is 406 g/mol. The monoisotopic (exact) mass is 406 g/mol. The van der Waals surface area contributed by atoms with Crippen LogP contribution in [0, 0.1) is 18.3 Å². The van der Waals surface area contributed by atoms with Gasteiger partial charge in [-0.2, -0.15) is 5.26 Å². The summed E-state index contributed by atoms with van der Waals surface area (Å²) in [7, 11) is 1.56. The first kappa shape index (κ1) is 21.4. The SMILES string of the molecule is COc1cc(/C=C(\C#N)C(=O)NC[C@@H]2CCCO2)ccc1OCc1cccc(C)c1. The summed E-state index contributed by atoms with van der Waals surface area (Å²) in [5.74, 6) is 0.720. The highest BCUT2D eigenvalue weighted by atomic mass is 16.5. The molecule has 1 saturated heterocycles. The van der Waals surface area contributed by atoms with Crippen LogP contribution in [0.25, 0.3) is 6.08 Å². The van der Waals surface area contributed by atoms with Crippen molar-refractivity contribution in [2.75, 3.05) is 20.3 Å². The largest absolute Gasteiger partial charge is 0.493 e. The molecule has 1 fully saturated rings. The lowest BCUT2D eigenvalue weighted by molar-refractivity contribution is -0.117. The summed E-state index contributed by atoms with van der Waals surface area (Å²) >= 11 is 0. The molecule has 0 radical (unpaired) electrons. The van der Waals surface area contributed by atoms with Crippen LogP contribution in [0.2, 0.25) is 0 Å². The Morgan fingerprint density at radius 2 is 2.17 bits per heavy atom. The molecule has 0 spiro atoms. The molecule has 0 aromatic heterocycles. The molecule has 1 heterocycles. The van der Waals surface area contributed by atoms with E-state index < -0.39 is 5.91 Å². The maximum absolute atomic E-state index is 12.3. The number of aryl methyl sites for hydroxylation is 1. The second kappa shape index (κ2) is 10.5. The lowest BCUT2D eigenvalue weighted by Crippen LogP contribution is -2.32.